The van der Waals surface area contributed by atoms with Gasteiger partial charge in [-0.3, -0.25) is 4.79 Å². The lowest BCUT2D eigenvalue weighted by atomic mass is 10.0. The summed E-state index contributed by atoms with van der Waals surface area (Å²) in [5, 5.41) is 19.0. The third-order valence-electron chi connectivity index (χ3n) is 3.66. The van der Waals surface area contributed by atoms with Crippen LogP contribution >= 0.6 is 0 Å². The zero-order valence-corrected chi connectivity index (χ0v) is 12.2. The van der Waals surface area contributed by atoms with Crippen LogP contribution in [0.25, 0.3) is 0 Å². The molecule has 1 aromatic heterocycles. The van der Waals surface area contributed by atoms with Gasteiger partial charge in [0, 0.05) is 12.6 Å². The van der Waals surface area contributed by atoms with Gasteiger partial charge in [-0.25, -0.2) is 9.48 Å². The van der Waals surface area contributed by atoms with Crippen LogP contribution in [0.3, 0.4) is 0 Å². The summed E-state index contributed by atoms with van der Waals surface area (Å²) in [5.74, 6) is -0.977. The molecule has 8 nitrogen and oxygen atoms in total. The number of piperidine rings is 1. The summed E-state index contributed by atoms with van der Waals surface area (Å²) in [5.41, 5.74) is 0.551. The van der Waals surface area contributed by atoms with E-state index in [-0.39, 0.29) is 19.1 Å². The minimum atomic E-state index is -0.977. The number of aliphatic carboxylic acids is 1. The van der Waals surface area contributed by atoms with Crippen molar-refractivity contribution in [1.29, 1.82) is 0 Å². The minimum absolute atomic E-state index is 0.0886. The molecule has 1 fully saturated rings. The maximum atomic E-state index is 12.2. The van der Waals surface area contributed by atoms with E-state index in [4.69, 9.17) is 5.11 Å². The average Bonchev–Trinajstić information content (AvgIpc) is 2.91. The maximum absolute atomic E-state index is 12.2. The van der Waals surface area contributed by atoms with Gasteiger partial charge in [0.2, 0.25) is 0 Å². The highest BCUT2D eigenvalue weighted by atomic mass is 16.4. The number of hydrogen-bond donors (Lipinski definition) is 2. The van der Waals surface area contributed by atoms with E-state index in [1.54, 1.807) is 0 Å². The Labute approximate surface area is 123 Å². The van der Waals surface area contributed by atoms with E-state index < -0.39 is 5.97 Å². The molecule has 1 aliphatic heterocycles. The molecular weight excluding hydrogens is 274 g/mol. The summed E-state index contributed by atoms with van der Waals surface area (Å²) in [4.78, 5) is 24.6. The van der Waals surface area contributed by atoms with Crippen LogP contribution < -0.4 is 5.32 Å². The Hall–Kier alpha value is -2.12. The first-order valence-electron chi connectivity index (χ1n) is 7.25. The van der Waals surface area contributed by atoms with E-state index in [2.05, 4.69) is 22.6 Å². The Morgan fingerprint density at radius 2 is 2.29 bits per heavy atom. The standard InChI is InChI=1S/C13H21N5O3/c1-2-11-5-3-4-6-18(11)13(21)14-7-10-8-17(16-15-10)9-12(19)20/h8,11H,2-7,9H2,1H3,(H,14,21)(H,19,20). The van der Waals surface area contributed by atoms with Crippen LogP contribution in [0.1, 0.15) is 38.3 Å². The van der Waals surface area contributed by atoms with Crippen molar-refractivity contribution in [3.63, 3.8) is 0 Å². The molecule has 1 aliphatic rings. The Morgan fingerprint density at radius 1 is 1.48 bits per heavy atom. The van der Waals surface area contributed by atoms with Crippen molar-refractivity contribution in [1.82, 2.24) is 25.2 Å². The number of carboxylic acids is 1. The number of aromatic nitrogens is 3. The number of nitrogens with one attached hydrogen (secondary N) is 1. The molecule has 1 aromatic rings. The van der Waals surface area contributed by atoms with Gasteiger partial charge in [-0.05, 0) is 25.7 Å². The number of likely N-dealkylation sites (tertiary alicyclic amines) is 1. The molecule has 0 aromatic carbocycles. The number of amides is 2. The van der Waals surface area contributed by atoms with Crippen molar-refractivity contribution >= 4 is 12.0 Å². The molecule has 2 heterocycles. The molecule has 0 aliphatic carbocycles. The topological polar surface area (TPSA) is 100 Å². The smallest absolute Gasteiger partial charge is 0.325 e. The van der Waals surface area contributed by atoms with E-state index in [1.807, 2.05) is 4.90 Å². The van der Waals surface area contributed by atoms with Crippen LogP contribution in [-0.2, 0) is 17.9 Å². The summed E-state index contributed by atoms with van der Waals surface area (Å²) < 4.78 is 1.24. The van der Waals surface area contributed by atoms with Crippen LogP contribution in [-0.4, -0.2) is 49.6 Å². The van der Waals surface area contributed by atoms with E-state index in [9.17, 15) is 9.59 Å². The first-order chi connectivity index (χ1) is 10.1. The number of nitrogens with zero attached hydrogens (tertiary/aromatic N) is 4. The molecule has 2 rings (SSSR count). The molecule has 1 saturated heterocycles. The molecule has 1 atom stereocenters. The lowest BCUT2D eigenvalue weighted by molar-refractivity contribution is -0.137. The van der Waals surface area contributed by atoms with Gasteiger partial charge < -0.3 is 15.3 Å². The second kappa shape index (κ2) is 7.05. The fraction of sp³-hybridized carbons (Fsp3) is 0.692. The van der Waals surface area contributed by atoms with Gasteiger partial charge in [-0.1, -0.05) is 12.1 Å². The summed E-state index contributed by atoms with van der Waals surface area (Å²) in [7, 11) is 0. The molecule has 1 unspecified atom stereocenters. The number of urea groups is 1. The number of carbonyl (C=O) groups excluding carboxylic acids is 1. The van der Waals surface area contributed by atoms with Gasteiger partial charge in [0.1, 0.15) is 12.2 Å². The van der Waals surface area contributed by atoms with Crippen LogP contribution in [0.5, 0.6) is 0 Å². The minimum Gasteiger partial charge on any atom is -0.480 e. The number of rotatable bonds is 5. The van der Waals surface area contributed by atoms with Gasteiger partial charge in [-0.2, -0.15) is 0 Å². The predicted octanol–water partition coefficient (Wildman–Crippen LogP) is 0.837. The molecule has 0 radical (unpaired) electrons. The van der Waals surface area contributed by atoms with Crippen molar-refractivity contribution in [2.45, 2.75) is 51.7 Å². The van der Waals surface area contributed by atoms with Gasteiger partial charge in [0.25, 0.3) is 0 Å². The highest BCUT2D eigenvalue weighted by Crippen LogP contribution is 2.19. The lowest BCUT2D eigenvalue weighted by Gasteiger charge is -2.35. The number of hydrogen-bond acceptors (Lipinski definition) is 4. The third-order valence-corrected chi connectivity index (χ3v) is 3.66. The van der Waals surface area contributed by atoms with Crippen molar-refractivity contribution < 1.29 is 14.7 Å². The highest BCUT2D eigenvalue weighted by molar-refractivity contribution is 5.74. The molecule has 116 valence electrons. The second-order valence-electron chi connectivity index (χ2n) is 5.21. The molecule has 0 saturated carbocycles. The molecular formula is C13H21N5O3. The van der Waals surface area contributed by atoms with Crippen molar-refractivity contribution in [2.24, 2.45) is 0 Å². The van der Waals surface area contributed by atoms with E-state index in [0.29, 0.717) is 11.7 Å². The Kier molecular flexibility index (Phi) is 5.13. The van der Waals surface area contributed by atoms with Gasteiger partial charge in [-0.15, -0.1) is 5.10 Å². The molecule has 0 spiro atoms. The second-order valence-corrected chi connectivity index (χ2v) is 5.21. The first kappa shape index (κ1) is 15.3. The summed E-state index contributed by atoms with van der Waals surface area (Å²) in [6.07, 6.45) is 5.76. The van der Waals surface area contributed by atoms with Crippen molar-refractivity contribution in [3.8, 4) is 0 Å². The first-order valence-corrected chi connectivity index (χ1v) is 7.25. The third kappa shape index (κ3) is 4.17. The molecule has 21 heavy (non-hydrogen) atoms. The monoisotopic (exact) mass is 295 g/mol. The van der Waals surface area contributed by atoms with Crippen LogP contribution in [0.2, 0.25) is 0 Å². The zero-order valence-electron chi connectivity index (χ0n) is 12.2. The summed E-state index contributed by atoms with van der Waals surface area (Å²) in [6, 6.07) is 0.218. The van der Waals surface area contributed by atoms with Crippen LogP contribution in [0, 0.1) is 0 Å². The summed E-state index contributed by atoms with van der Waals surface area (Å²) >= 11 is 0. The quantitative estimate of drug-likeness (QED) is 0.838. The largest absolute Gasteiger partial charge is 0.480 e. The fourth-order valence-corrected chi connectivity index (χ4v) is 2.60. The van der Waals surface area contributed by atoms with Gasteiger partial charge in [0.15, 0.2) is 0 Å². The fourth-order valence-electron chi connectivity index (χ4n) is 2.60. The van der Waals surface area contributed by atoms with Crippen molar-refractivity contribution in [2.75, 3.05) is 6.54 Å². The highest BCUT2D eigenvalue weighted by Gasteiger charge is 2.25. The zero-order chi connectivity index (χ0) is 15.2. The van der Waals surface area contributed by atoms with E-state index >= 15 is 0 Å². The number of carboxylic acid groups (broad SMARTS) is 1. The Balaban J connectivity index is 1.85. The molecule has 2 N–H and O–H groups in total. The molecule has 0 bridgehead atoms. The number of carbonyl (C=O) groups is 2. The van der Waals surface area contributed by atoms with Gasteiger partial charge >= 0.3 is 12.0 Å². The normalized spacial score (nSPS) is 18.5. The van der Waals surface area contributed by atoms with E-state index in [1.165, 1.54) is 17.3 Å². The van der Waals surface area contributed by atoms with Crippen molar-refractivity contribution in [3.05, 3.63) is 11.9 Å². The summed E-state index contributed by atoms with van der Waals surface area (Å²) in [6.45, 7) is 2.90. The molecule has 2 amide bonds. The lowest BCUT2D eigenvalue weighted by Crippen LogP contribution is -2.48. The Bertz CT molecular complexity index is 502. The average molecular weight is 295 g/mol. The van der Waals surface area contributed by atoms with Crippen LogP contribution in [0.4, 0.5) is 4.79 Å². The SMILES string of the molecule is CCC1CCCCN1C(=O)NCc1cn(CC(=O)O)nn1. The predicted molar refractivity (Wildman–Crippen MR) is 74.5 cm³/mol. The molecule has 8 heteroatoms. The maximum Gasteiger partial charge on any atom is 0.325 e. The van der Waals surface area contributed by atoms with Crippen LogP contribution in [0.15, 0.2) is 6.20 Å². The Morgan fingerprint density at radius 3 is 3.00 bits per heavy atom. The van der Waals surface area contributed by atoms with E-state index in [0.717, 1.165) is 25.8 Å². The van der Waals surface area contributed by atoms with Gasteiger partial charge in [0.05, 0.1) is 12.7 Å².